The van der Waals surface area contributed by atoms with Gasteiger partial charge >= 0.3 is 0 Å². The van der Waals surface area contributed by atoms with E-state index in [1.807, 2.05) is 25.1 Å². The van der Waals surface area contributed by atoms with E-state index in [4.69, 9.17) is 14.2 Å². The van der Waals surface area contributed by atoms with E-state index in [2.05, 4.69) is 6.58 Å². The van der Waals surface area contributed by atoms with Crippen LogP contribution in [-0.2, 0) is 14.3 Å². The van der Waals surface area contributed by atoms with Crippen LogP contribution in [0.2, 0.25) is 0 Å². The van der Waals surface area contributed by atoms with Crippen LogP contribution >= 0.6 is 0 Å². The summed E-state index contributed by atoms with van der Waals surface area (Å²) in [6, 6.07) is 5.57. The second kappa shape index (κ2) is 6.63. The van der Waals surface area contributed by atoms with Crippen molar-refractivity contribution in [3.05, 3.63) is 48.3 Å². The van der Waals surface area contributed by atoms with Crippen molar-refractivity contribution in [3.8, 4) is 11.5 Å². The molecule has 1 aromatic carbocycles. The molecule has 1 fully saturated rings. The molecule has 0 amide bonds. The van der Waals surface area contributed by atoms with Gasteiger partial charge in [-0.15, -0.1) is 6.58 Å². The van der Waals surface area contributed by atoms with Crippen molar-refractivity contribution in [3.63, 3.8) is 0 Å². The lowest BCUT2D eigenvalue weighted by molar-refractivity contribution is -0.136. The van der Waals surface area contributed by atoms with E-state index in [-0.39, 0.29) is 29.2 Å². The molecule has 26 heavy (non-hydrogen) atoms. The van der Waals surface area contributed by atoms with E-state index in [0.29, 0.717) is 17.9 Å². The number of ketones is 2. The van der Waals surface area contributed by atoms with Gasteiger partial charge in [-0.05, 0) is 36.1 Å². The quantitative estimate of drug-likeness (QED) is 0.578. The molecule has 138 valence electrons. The van der Waals surface area contributed by atoms with Crippen LogP contribution in [0.3, 0.4) is 0 Å². The Hall–Kier alpha value is -2.56. The highest BCUT2D eigenvalue weighted by atomic mass is 16.5. The number of hydrogen-bond acceptors (Lipinski definition) is 5. The van der Waals surface area contributed by atoms with Crippen molar-refractivity contribution < 1.29 is 23.8 Å². The maximum absolute atomic E-state index is 13.2. The van der Waals surface area contributed by atoms with Crippen molar-refractivity contribution >= 4 is 11.6 Å². The van der Waals surface area contributed by atoms with Crippen LogP contribution in [-0.4, -0.2) is 32.9 Å². The Labute approximate surface area is 153 Å². The molecule has 0 N–H and O–H groups in total. The first-order valence-corrected chi connectivity index (χ1v) is 8.63. The lowest BCUT2D eigenvalue weighted by atomic mass is 9.71. The Bertz CT molecular complexity index is 794. The Morgan fingerprint density at radius 3 is 2.38 bits per heavy atom. The standard InChI is InChI=1S/C21H24O5/c1-6-9-21-11-16(26-5)19(22)18(20(21)23)17(12(21)2)13-7-8-14(24-3)15(10-13)25-4/h6-8,10-12,17-18H,1,9H2,2-5H3/t12?,17?,18?,21-/m0/s1. The van der Waals surface area contributed by atoms with Gasteiger partial charge in [0, 0.05) is 5.92 Å². The Morgan fingerprint density at radius 1 is 1.12 bits per heavy atom. The molecule has 3 rings (SSSR count). The third-order valence-electron chi connectivity index (χ3n) is 5.86. The highest BCUT2D eigenvalue weighted by Gasteiger charge is 2.62. The highest BCUT2D eigenvalue weighted by Crippen LogP contribution is 2.59. The first-order valence-electron chi connectivity index (χ1n) is 8.63. The third-order valence-corrected chi connectivity index (χ3v) is 5.86. The molecule has 3 unspecified atom stereocenters. The molecule has 0 heterocycles. The minimum Gasteiger partial charge on any atom is -0.493 e. The largest absolute Gasteiger partial charge is 0.493 e. The number of carbonyl (C=O) groups excluding carboxylic acids is 2. The fraction of sp³-hybridized carbons (Fsp3) is 0.429. The van der Waals surface area contributed by atoms with Crippen LogP contribution in [0.25, 0.3) is 0 Å². The van der Waals surface area contributed by atoms with Crippen molar-refractivity contribution in [2.24, 2.45) is 17.3 Å². The lowest BCUT2D eigenvalue weighted by Gasteiger charge is -2.31. The topological polar surface area (TPSA) is 61.8 Å². The van der Waals surface area contributed by atoms with Gasteiger partial charge in [0.05, 0.1) is 32.7 Å². The Morgan fingerprint density at radius 2 is 1.81 bits per heavy atom. The zero-order valence-corrected chi connectivity index (χ0v) is 15.6. The molecule has 5 heteroatoms. The van der Waals surface area contributed by atoms with Gasteiger partial charge in [-0.3, -0.25) is 9.59 Å². The summed E-state index contributed by atoms with van der Waals surface area (Å²) in [7, 11) is 4.61. The van der Waals surface area contributed by atoms with E-state index in [9.17, 15) is 9.59 Å². The van der Waals surface area contributed by atoms with Crippen LogP contribution in [0.4, 0.5) is 0 Å². The SMILES string of the molecule is C=CC[C@@]12C=C(OC)C(=O)C(C1=O)C(c1ccc(OC)c(OC)c1)C2C. The first-order chi connectivity index (χ1) is 12.4. The maximum atomic E-state index is 13.2. The summed E-state index contributed by atoms with van der Waals surface area (Å²) in [5.74, 6) is 0.0905. The minimum absolute atomic E-state index is 0.0458. The summed E-state index contributed by atoms with van der Waals surface area (Å²) in [6.45, 7) is 5.83. The molecule has 0 aromatic heterocycles. The van der Waals surface area contributed by atoms with E-state index in [1.165, 1.54) is 7.11 Å². The molecule has 5 nitrogen and oxygen atoms in total. The molecule has 0 aliphatic heterocycles. The maximum Gasteiger partial charge on any atom is 0.208 e. The number of carbonyl (C=O) groups is 2. The number of methoxy groups -OCH3 is 3. The van der Waals surface area contributed by atoms with Crippen molar-refractivity contribution in [1.82, 2.24) is 0 Å². The van der Waals surface area contributed by atoms with Crippen LogP contribution in [0.1, 0.15) is 24.8 Å². The summed E-state index contributed by atoms with van der Waals surface area (Å²) >= 11 is 0. The van der Waals surface area contributed by atoms with E-state index >= 15 is 0 Å². The zero-order valence-electron chi connectivity index (χ0n) is 15.6. The number of rotatable bonds is 6. The van der Waals surface area contributed by atoms with Crippen molar-refractivity contribution in [2.75, 3.05) is 21.3 Å². The minimum atomic E-state index is -0.760. The van der Waals surface area contributed by atoms with Gasteiger partial charge < -0.3 is 14.2 Å². The zero-order chi connectivity index (χ0) is 19.1. The summed E-state index contributed by atoms with van der Waals surface area (Å²) in [5.41, 5.74) is 0.127. The molecule has 1 saturated carbocycles. The van der Waals surface area contributed by atoms with Crippen molar-refractivity contribution in [1.29, 1.82) is 0 Å². The number of Topliss-reactive ketones (excluding diaryl/α,β-unsaturated/α-hetero) is 2. The Balaban J connectivity index is 2.15. The smallest absolute Gasteiger partial charge is 0.208 e. The number of benzene rings is 1. The molecule has 2 bridgehead atoms. The Kier molecular flexibility index (Phi) is 4.65. The second-order valence-electron chi connectivity index (χ2n) is 6.88. The molecular formula is C21H24O5. The fourth-order valence-electron chi connectivity index (χ4n) is 4.51. The van der Waals surface area contributed by atoms with Crippen LogP contribution < -0.4 is 9.47 Å². The van der Waals surface area contributed by atoms with Crippen LogP contribution in [0, 0.1) is 17.3 Å². The molecule has 0 radical (unpaired) electrons. The average Bonchev–Trinajstić information content (AvgIpc) is 2.80. The number of ether oxygens (including phenoxy) is 3. The molecule has 4 atom stereocenters. The van der Waals surface area contributed by atoms with Crippen LogP contribution in [0.15, 0.2) is 42.7 Å². The van der Waals surface area contributed by atoms with Gasteiger partial charge in [0.2, 0.25) is 5.78 Å². The second-order valence-corrected chi connectivity index (χ2v) is 6.88. The van der Waals surface area contributed by atoms with Crippen LogP contribution in [0.5, 0.6) is 11.5 Å². The van der Waals surface area contributed by atoms with Gasteiger partial charge in [-0.2, -0.15) is 0 Å². The molecular weight excluding hydrogens is 332 g/mol. The normalized spacial score (nSPS) is 30.0. The molecule has 1 aromatic rings. The molecule has 2 aliphatic carbocycles. The summed E-state index contributed by atoms with van der Waals surface area (Å²) in [6.07, 6.45) is 3.93. The average molecular weight is 356 g/mol. The van der Waals surface area contributed by atoms with E-state index < -0.39 is 11.3 Å². The van der Waals surface area contributed by atoms with Crippen molar-refractivity contribution in [2.45, 2.75) is 19.3 Å². The third kappa shape index (κ3) is 2.37. The van der Waals surface area contributed by atoms with Gasteiger partial charge in [0.1, 0.15) is 0 Å². The summed E-state index contributed by atoms with van der Waals surface area (Å²) < 4.78 is 16.0. The van der Waals surface area contributed by atoms with Gasteiger partial charge in [-0.25, -0.2) is 0 Å². The number of allylic oxidation sites excluding steroid dienone is 3. The van der Waals surface area contributed by atoms with Gasteiger partial charge in [0.25, 0.3) is 0 Å². The predicted octanol–water partition coefficient (Wildman–Crippen LogP) is 3.30. The molecule has 2 aliphatic rings. The summed E-state index contributed by atoms with van der Waals surface area (Å²) in [5, 5.41) is 0. The predicted molar refractivity (Wildman–Crippen MR) is 97.3 cm³/mol. The number of fused-ring (bicyclic) bond motifs is 2. The van der Waals surface area contributed by atoms with E-state index in [1.54, 1.807) is 26.4 Å². The molecule has 0 saturated heterocycles. The van der Waals surface area contributed by atoms with E-state index in [0.717, 1.165) is 5.56 Å². The van der Waals surface area contributed by atoms with Gasteiger partial charge in [-0.1, -0.05) is 19.1 Å². The highest BCUT2D eigenvalue weighted by molar-refractivity contribution is 6.17. The number of hydrogen-bond donors (Lipinski definition) is 0. The fourth-order valence-corrected chi connectivity index (χ4v) is 4.51. The monoisotopic (exact) mass is 356 g/mol. The lowest BCUT2D eigenvalue weighted by Crippen LogP contribution is -2.38. The molecule has 0 spiro atoms. The first kappa shape index (κ1) is 18.2. The van der Waals surface area contributed by atoms with Gasteiger partial charge in [0.15, 0.2) is 23.0 Å². The summed E-state index contributed by atoms with van der Waals surface area (Å²) in [4.78, 5) is 26.1.